The van der Waals surface area contributed by atoms with E-state index in [1.165, 1.54) is 0 Å². The smallest absolute Gasteiger partial charge is 0.253 e. The lowest BCUT2D eigenvalue weighted by atomic mass is 9.96. The predicted octanol–water partition coefficient (Wildman–Crippen LogP) is 2.61. The molecule has 2 amide bonds. The standard InChI is InChI=1S/C20H28N2O3/c23-19(11-10-16-6-5-13-25-15-16)21-18-9-4-12-22(14-18)20(24)17-7-2-1-3-8-17/h1-3,7-8,16,18H,4-6,9-15H2,(H,21,23)/t16-,18+/m0/s1. The van der Waals surface area contributed by atoms with E-state index in [2.05, 4.69) is 5.32 Å². The second-order valence-corrected chi connectivity index (χ2v) is 7.15. The van der Waals surface area contributed by atoms with Gasteiger partial charge in [0.05, 0.1) is 0 Å². The molecule has 0 unspecified atom stereocenters. The molecule has 2 atom stereocenters. The number of carbonyl (C=O) groups excluding carboxylic acids is 2. The molecule has 0 aliphatic carbocycles. The number of amides is 2. The van der Waals surface area contributed by atoms with Crippen molar-refractivity contribution in [2.24, 2.45) is 5.92 Å². The van der Waals surface area contributed by atoms with Crippen LogP contribution in [0, 0.1) is 5.92 Å². The Hall–Kier alpha value is -1.88. The van der Waals surface area contributed by atoms with Gasteiger partial charge < -0.3 is 15.0 Å². The molecule has 0 bridgehead atoms. The van der Waals surface area contributed by atoms with Crippen molar-refractivity contribution in [3.05, 3.63) is 35.9 Å². The molecule has 1 aromatic rings. The van der Waals surface area contributed by atoms with E-state index in [0.29, 0.717) is 24.4 Å². The fourth-order valence-corrected chi connectivity index (χ4v) is 3.71. The number of ether oxygens (including phenoxy) is 1. The number of rotatable bonds is 5. The van der Waals surface area contributed by atoms with E-state index in [4.69, 9.17) is 4.74 Å². The largest absolute Gasteiger partial charge is 0.381 e. The van der Waals surface area contributed by atoms with Gasteiger partial charge >= 0.3 is 0 Å². The average Bonchev–Trinajstić information content (AvgIpc) is 2.67. The zero-order valence-corrected chi connectivity index (χ0v) is 14.8. The van der Waals surface area contributed by atoms with Gasteiger partial charge in [-0.25, -0.2) is 0 Å². The molecule has 25 heavy (non-hydrogen) atoms. The van der Waals surface area contributed by atoms with E-state index in [0.717, 1.165) is 51.9 Å². The van der Waals surface area contributed by atoms with Crippen LogP contribution < -0.4 is 5.32 Å². The molecule has 0 spiro atoms. The van der Waals surface area contributed by atoms with Gasteiger partial charge in [-0.15, -0.1) is 0 Å². The number of piperidine rings is 1. The van der Waals surface area contributed by atoms with Crippen LogP contribution in [0.2, 0.25) is 0 Å². The molecule has 1 N–H and O–H groups in total. The minimum Gasteiger partial charge on any atom is -0.381 e. The fraction of sp³-hybridized carbons (Fsp3) is 0.600. The monoisotopic (exact) mass is 344 g/mol. The quantitative estimate of drug-likeness (QED) is 0.893. The van der Waals surface area contributed by atoms with Crippen LogP contribution in [0.15, 0.2) is 30.3 Å². The van der Waals surface area contributed by atoms with Crippen LogP contribution in [0.4, 0.5) is 0 Å². The third-order valence-electron chi connectivity index (χ3n) is 5.13. The summed E-state index contributed by atoms with van der Waals surface area (Å²) in [6.45, 7) is 3.01. The molecule has 2 saturated heterocycles. The van der Waals surface area contributed by atoms with Crippen molar-refractivity contribution >= 4 is 11.8 Å². The highest BCUT2D eigenvalue weighted by Gasteiger charge is 2.25. The first-order valence-electron chi connectivity index (χ1n) is 9.44. The molecule has 5 heteroatoms. The Morgan fingerprint density at radius 1 is 1.16 bits per heavy atom. The number of hydrogen-bond donors (Lipinski definition) is 1. The number of likely N-dealkylation sites (tertiary alicyclic amines) is 1. The summed E-state index contributed by atoms with van der Waals surface area (Å²) in [7, 11) is 0. The first-order chi connectivity index (χ1) is 12.2. The summed E-state index contributed by atoms with van der Waals surface area (Å²) < 4.78 is 5.47. The normalized spacial score (nSPS) is 23.9. The topological polar surface area (TPSA) is 58.6 Å². The molecule has 0 aromatic heterocycles. The molecular formula is C20H28N2O3. The summed E-state index contributed by atoms with van der Waals surface area (Å²) in [5.74, 6) is 0.672. The predicted molar refractivity (Wildman–Crippen MR) is 96.3 cm³/mol. The zero-order chi connectivity index (χ0) is 17.5. The molecule has 136 valence electrons. The minimum absolute atomic E-state index is 0.0545. The Balaban J connectivity index is 1.44. The highest BCUT2D eigenvalue weighted by molar-refractivity contribution is 5.94. The van der Waals surface area contributed by atoms with Gasteiger partial charge in [-0.05, 0) is 50.2 Å². The van der Waals surface area contributed by atoms with Crippen molar-refractivity contribution in [3.63, 3.8) is 0 Å². The van der Waals surface area contributed by atoms with E-state index < -0.39 is 0 Å². The lowest BCUT2D eigenvalue weighted by Gasteiger charge is -2.33. The van der Waals surface area contributed by atoms with Crippen molar-refractivity contribution in [2.75, 3.05) is 26.3 Å². The summed E-state index contributed by atoms with van der Waals surface area (Å²) in [6, 6.07) is 9.43. The van der Waals surface area contributed by atoms with Gasteiger partial charge in [-0.3, -0.25) is 9.59 Å². The van der Waals surface area contributed by atoms with Crippen molar-refractivity contribution in [1.29, 1.82) is 0 Å². The third-order valence-corrected chi connectivity index (χ3v) is 5.13. The van der Waals surface area contributed by atoms with Gasteiger partial charge in [0, 0.05) is 44.3 Å². The van der Waals surface area contributed by atoms with Crippen molar-refractivity contribution in [3.8, 4) is 0 Å². The molecule has 2 aliphatic heterocycles. The Morgan fingerprint density at radius 2 is 2.00 bits per heavy atom. The minimum atomic E-state index is 0.0545. The molecule has 0 radical (unpaired) electrons. The Kier molecular flexibility index (Phi) is 6.45. The molecule has 2 fully saturated rings. The van der Waals surface area contributed by atoms with E-state index in [9.17, 15) is 9.59 Å². The van der Waals surface area contributed by atoms with Gasteiger partial charge in [-0.2, -0.15) is 0 Å². The maximum Gasteiger partial charge on any atom is 0.253 e. The zero-order valence-electron chi connectivity index (χ0n) is 14.8. The van der Waals surface area contributed by atoms with Crippen molar-refractivity contribution < 1.29 is 14.3 Å². The van der Waals surface area contributed by atoms with Crippen LogP contribution in [-0.4, -0.2) is 49.1 Å². The van der Waals surface area contributed by atoms with Crippen LogP contribution in [0.1, 0.15) is 48.9 Å². The van der Waals surface area contributed by atoms with Gasteiger partial charge in [0.15, 0.2) is 0 Å². The van der Waals surface area contributed by atoms with Gasteiger partial charge in [0.25, 0.3) is 5.91 Å². The lowest BCUT2D eigenvalue weighted by Crippen LogP contribution is -2.49. The molecule has 1 aromatic carbocycles. The average molecular weight is 344 g/mol. The van der Waals surface area contributed by atoms with E-state index >= 15 is 0 Å². The number of nitrogens with zero attached hydrogens (tertiary/aromatic N) is 1. The number of nitrogens with one attached hydrogen (secondary N) is 1. The molecule has 2 heterocycles. The molecular weight excluding hydrogens is 316 g/mol. The highest BCUT2D eigenvalue weighted by atomic mass is 16.5. The van der Waals surface area contributed by atoms with E-state index in [1.54, 1.807) is 0 Å². The summed E-state index contributed by atoms with van der Waals surface area (Å²) in [6.07, 6.45) is 5.58. The van der Waals surface area contributed by atoms with Crippen LogP contribution in [0.5, 0.6) is 0 Å². The second kappa shape index (κ2) is 8.99. The molecule has 2 aliphatic rings. The number of carbonyl (C=O) groups is 2. The first kappa shape index (κ1) is 17.9. The van der Waals surface area contributed by atoms with Gasteiger partial charge in [-0.1, -0.05) is 18.2 Å². The molecule has 0 saturated carbocycles. The van der Waals surface area contributed by atoms with E-state index in [-0.39, 0.29) is 17.9 Å². The maximum atomic E-state index is 12.6. The number of benzene rings is 1. The fourth-order valence-electron chi connectivity index (χ4n) is 3.71. The summed E-state index contributed by atoms with van der Waals surface area (Å²) in [4.78, 5) is 26.7. The van der Waals surface area contributed by atoms with Crippen molar-refractivity contribution in [2.45, 2.75) is 44.6 Å². The van der Waals surface area contributed by atoms with Gasteiger partial charge in [0.2, 0.25) is 5.91 Å². The third kappa shape index (κ3) is 5.30. The maximum absolute atomic E-state index is 12.6. The second-order valence-electron chi connectivity index (χ2n) is 7.15. The SMILES string of the molecule is O=C(CC[C@@H]1CCCOC1)N[C@@H]1CCCN(C(=O)c2ccccc2)C1. The lowest BCUT2D eigenvalue weighted by molar-refractivity contribution is -0.122. The molecule has 3 rings (SSSR count). The first-order valence-corrected chi connectivity index (χ1v) is 9.44. The Bertz CT molecular complexity index is 570. The van der Waals surface area contributed by atoms with Crippen molar-refractivity contribution in [1.82, 2.24) is 10.2 Å². The Labute approximate surface area is 149 Å². The Morgan fingerprint density at radius 3 is 2.76 bits per heavy atom. The van der Waals surface area contributed by atoms with Crippen LogP contribution in [0.3, 0.4) is 0 Å². The van der Waals surface area contributed by atoms with Crippen LogP contribution >= 0.6 is 0 Å². The van der Waals surface area contributed by atoms with Crippen LogP contribution in [0.25, 0.3) is 0 Å². The summed E-state index contributed by atoms with van der Waals surface area (Å²) in [5.41, 5.74) is 0.715. The molecule has 5 nitrogen and oxygen atoms in total. The van der Waals surface area contributed by atoms with Gasteiger partial charge in [0.1, 0.15) is 0 Å². The number of hydrogen-bond acceptors (Lipinski definition) is 3. The summed E-state index contributed by atoms with van der Waals surface area (Å²) >= 11 is 0. The highest BCUT2D eigenvalue weighted by Crippen LogP contribution is 2.19. The summed E-state index contributed by atoms with van der Waals surface area (Å²) in [5, 5.41) is 3.12. The van der Waals surface area contributed by atoms with Crippen LogP contribution in [-0.2, 0) is 9.53 Å². The van der Waals surface area contributed by atoms with E-state index in [1.807, 2.05) is 35.2 Å².